The number of halogens is 2. The van der Waals surface area contributed by atoms with Gasteiger partial charge in [-0.1, -0.05) is 11.6 Å². The lowest BCUT2D eigenvalue weighted by atomic mass is 10.3. The number of methoxy groups -OCH3 is 1. The number of hydrogen-bond donors (Lipinski definition) is 2. The van der Waals surface area contributed by atoms with Crippen molar-refractivity contribution in [1.29, 1.82) is 0 Å². The molecule has 4 nitrogen and oxygen atoms in total. The van der Waals surface area contributed by atoms with E-state index in [1.807, 2.05) is 18.2 Å². The van der Waals surface area contributed by atoms with Crippen LogP contribution in [-0.2, 0) is 4.79 Å². The van der Waals surface area contributed by atoms with Gasteiger partial charge in [-0.2, -0.15) is 0 Å². The molecule has 0 spiro atoms. The number of hydrogen-bond acceptors (Lipinski definition) is 3. The average molecular weight is 370 g/mol. The van der Waals surface area contributed by atoms with Crippen LogP contribution in [-0.4, -0.2) is 19.6 Å². The molecule has 0 aliphatic rings. The molecule has 0 saturated carbocycles. The molecule has 0 saturated heterocycles. The maximum Gasteiger partial charge on any atom is 0.243 e. The summed E-state index contributed by atoms with van der Waals surface area (Å²) < 4.78 is 6.06. The highest BCUT2D eigenvalue weighted by molar-refractivity contribution is 9.10. The second-order valence-electron chi connectivity index (χ2n) is 4.26. The van der Waals surface area contributed by atoms with Gasteiger partial charge in [0.25, 0.3) is 0 Å². The molecule has 21 heavy (non-hydrogen) atoms. The molecule has 2 N–H and O–H groups in total. The highest BCUT2D eigenvalue weighted by Crippen LogP contribution is 2.27. The molecule has 0 bridgehead atoms. The fourth-order valence-electron chi connectivity index (χ4n) is 1.69. The van der Waals surface area contributed by atoms with Crippen molar-refractivity contribution in [2.24, 2.45) is 0 Å². The summed E-state index contributed by atoms with van der Waals surface area (Å²) in [6.07, 6.45) is 0. The zero-order chi connectivity index (χ0) is 15.2. The monoisotopic (exact) mass is 368 g/mol. The summed E-state index contributed by atoms with van der Waals surface area (Å²) in [7, 11) is 1.59. The van der Waals surface area contributed by atoms with Crippen LogP contribution in [0.3, 0.4) is 0 Å². The molecule has 2 aromatic carbocycles. The second kappa shape index (κ2) is 7.33. The van der Waals surface area contributed by atoms with E-state index >= 15 is 0 Å². The number of amides is 1. The Morgan fingerprint density at radius 1 is 1.19 bits per heavy atom. The fourth-order valence-corrected chi connectivity index (χ4v) is 2.22. The van der Waals surface area contributed by atoms with E-state index in [1.54, 1.807) is 31.4 Å². The van der Waals surface area contributed by atoms with Crippen molar-refractivity contribution in [3.8, 4) is 5.75 Å². The third-order valence-electron chi connectivity index (χ3n) is 2.73. The molecular weight excluding hydrogens is 356 g/mol. The minimum absolute atomic E-state index is 0.140. The lowest BCUT2D eigenvalue weighted by molar-refractivity contribution is -0.114. The van der Waals surface area contributed by atoms with Gasteiger partial charge in [0.15, 0.2) is 0 Å². The highest BCUT2D eigenvalue weighted by Gasteiger charge is 2.05. The molecule has 1 amide bonds. The Morgan fingerprint density at radius 2 is 1.86 bits per heavy atom. The summed E-state index contributed by atoms with van der Waals surface area (Å²) >= 11 is 9.17. The van der Waals surface area contributed by atoms with Crippen LogP contribution in [0.25, 0.3) is 0 Å². The van der Waals surface area contributed by atoms with Gasteiger partial charge in [-0.3, -0.25) is 4.79 Å². The number of anilines is 2. The quantitative estimate of drug-likeness (QED) is 0.832. The maximum atomic E-state index is 11.8. The van der Waals surface area contributed by atoms with E-state index in [1.165, 1.54) is 0 Å². The van der Waals surface area contributed by atoms with Crippen molar-refractivity contribution in [3.05, 3.63) is 52.0 Å². The Labute approximate surface area is 136 Å². The first-order chi connectivity index (χ1) is 10.1. The number of carbonyl (C=O) groups excluding carboxylic acids is 1. The summed E-state index contributed by atoms with van der Waals surface area (Å²) in [4.78, 5) is 11.8. The third kappa shape index (κ3) is 4.65. The van der Waals surface area contributed by atoms with Crippen LogP contribution in [0.2, 0.25) is 5.02 Å². The number of ether oxygens (including phenoxy) is 1. The van der Waals surface area contributed by atoms with E-state index < -0.39 is 0 Å². The Kier molecular flexibility index (Phi) is 5.47. The molecule has 110 valence electrons. The first kappa shape index (κ1) is 15.7. The standard InChI is InChI=1S/C15H14BrClN2O2/c1-21-14-8-12(6-7-13(14)16)18-9-15(20)19-11-4-2-10(17)3-5-11/h2-8,18H,9H2,1H3,(H,19,20). The van der Waals surface area contributed by atoms with Gasteiger partial charge in [-0.25, -0.2) is 0 Å². The van der Waals surface area contributed by atoms with Crippen LogP contribution in [0.15, 0.2) is 46.9 Å². The van der Waals surface area contributed by atoms with Crippen LogP contribution in [0, 0.1) is 0 Å². The van der Waals surface area contributed by atoms with Gasteiger partial charge in [-0.15, -0.1) is 0 Å². The van der Waals surface area contributed by atoms with Crippen molar-refractivity contribution >= 4 is 44.8 Å². The lowest BCUT2D eigenvalue weighted by Crippen LogP contribution is -2.21. The van der Waals surface area contributed by atoms with Crippen molar-refractivity contribution in [1.82, 2.24) is 0 Å². The van der Waals surface area contributed by atoms with Gasteiger partial charge in [0.2, 0.25) is 5.91 Å². The van der Waals surface area contributed by atoms with E-state index in [0.717, 1.165) is 10.2 Å². The van der Waals surface area contributed by atoms with E-state index in [2.05, 4.69) is 26.6 Å². The smallest absolute Gasteiger partial charge is 0.243 e. The third-order valence-corrected chi connectivity index (χ3v) is 3.64. The van der Waals surface area contributed by atoms with Crippen molar-refractivity contribution in [2.45, 2.75) is 0 Å². The van der Waals surface area contributed by atoms with Gasteiger partial charge in [0.1, 0.15) is 5.75 Å². The van der Waals surface area contributed by atoms with E-state index in [0.29, 0.717) is 16.5 Å². The number of nitrogens with one attached hydrogen (secondary N) is 2. The fraction of sp³-hybridized carbons (Fsp3) is 0.133. The minimum Gasteiger partial charge on any atom is -0.495 e. The summed E-state index contributed by atoms with van der Waals surface area (Å²) in [5.41, 5.74) is 1.51. The van der Waals surface area contributed by atoms with Gasteiger partial charge >= 0.3 is 0 Å². The predicted molar refractivity (Wildman–Crippen MR) is 89.3 cm³/mol. The van der Waals surface area contributed by atoms with Crippen molar-refractivity contribution in [3.63, 3.8) is 0 Å². The first-order valence-corrected chi connectivity index (χ1v) is 7.38. The minimum atomic E-state index is -0.140. The summed E-state index contributed by atoms with van der Waals surface area (Å²) in [5, 5.41) is 6.45. The molecule has 2 rings (SSSR count). The van der Waals surface area contributed by atoms with Crippen LogP contribution in [0.5, 0.6) is 5.75 Å². The first-order valence-electron chi connectivity index (χ1n) is 6.21. The van der Waals surface area contributed by atoms with Crippen LogP contribution in [0.1, 0.15) is 0 Å². The summed E-state index contributed by atoms with van der Waals surface area (Å²) in [6, 6.07) is 12.5. The molecule has 0 aliphatic heterocycles. The summed E-state index contributed by atoms with van der Waals surface area (Å²) in [6.45, 7) is 0.160. The van der Waals surface area contributed by atoms with Gasteiger partial charge in [0.05, 0.1) is 18.1 Å². The molecular formula is C15H14BrClN2O2. The largest absolute Gasteiger partial charge is 0.495 e. The topological polar surface area (TPSA) is 50.4 Å². The molecule has 0 atom stereocenters. The number of carbonyl (C=O) groups is 1. The Hall–Kier alpha value is -1.72. The Bertz CT molecular complexity index is 632. The molecule has 0 radical (unpaired) electrons. The van der Waals surface area contributed by atoms with Crippen molar-refractivity contribution < 1.29 is 9.53 Å². The Morgan fingerprint density at radius 3 is 2.52 bits per heavy atom. The van der Waals surface area contributed by atoms with Crippen molar-refractivity contribution in [2.75, 3.05) is 24.3 Å². The van der Waals surface area contributed by atoms with Crippen LogP contribution >= 0.6 is 27.5 Å². The van der Waals surface area contributed by atoms with E-state index in [-0.39, 0.29) is 12.5 Å². The van der Waals surface area contributed by atoms with Crippen LogP contribution in [0.4, 0.5) is 11.4 Å². The zero-order valence-electron chi connectivity index (χ0n) is 11.3. The number of rotatable bonds is 5. The second-order valence-corrected chi connectivity index (χ2v) is 5.55. The SMILES string of the molecule is COc1cc(NCC(=O)Nc2ccc(Cl)cc2)ccc1Br. The normalized spacial score (nSPS) is 10.0. The molecule has 0 aliphatic carbocycles. The highest BCUT2D eigenvalue weighted by atomic mass is 79.9. The van der Waals surface area contributed by atoms with Gasteiger partial charge < -0.3 is 15.4 Å². The van der Waals surface area contributed by atoms with Gasteiger partial charge in [0, 0.05) is 22.5 Å². The maximum absolute atomic E-state index is 11.8. The van der Waals surface area contributed by atoms with Gasteiger partial charge in [-0.05, 0) is 52.3 Å². The zero-order valence-corrected chi connectivity index (χ0v) is 13.7. The molecule has 6 heteroatoms. The van der Waals surface area contributed by atoms with Crippen LogP contribution < -0.4 is 15.4 Å². The molecule has 0 heterocycles. The number of benzene rings is 2. The van der Waals surface area contributed by atoms with E-state index in [4.69, 9.17) is 16.3 Å². The molecule has 2 aromatic rings. The molecule has 0 fully saturated rings. The van der Waals surface area contributed by atoms with E-state index in [9.17, 15) is 4.79 Å². The average Bonchev–Trinajstić information content (AvgIpc) is 2.49. The summed E-state index contributed by atoms with van der Waals surface area (Å²) in [5.74, 6) is 0.567. The lowest BCUT2D eigenvalue weighted by Gasteiger charge is -2.10. The molecule has 0 aromatic heterocycles. The molecule has 0 unspecified atom stereocenters. The predicted octanol–water partition coefficient (Wildman–Crippen LogP) is 4.16. The Balaban J connectivity index is 1.90.